The molecule has 1 amide bonds. The van der Waals surface area contributed by atoms with Crippen LogP contribution in [0.5, 0.6) is 5.75 Å². The van der Waals surface area contributed by atoms with Crippen molar-refractivity contribution in [3.8, 4) is 5.75 Å². The summed E-state index contributed by atoms with van der Waals surface area (Å²) in [7, 11) is 0. The predicted molar refractivity (Wildman–Crippen MR) is 93.2 cm³/mol. The summed E-state index contributed by atoms with van der Waals surface area (Å²) in [5.41, 5.74) is 0.761. The Bertz CT molecular complexity index is 632. The standard InChI is InChI=1S/C13H11Br2N3O2S/c1-2-3-20-12-8(4-9(14)5-10(12)15)6-16-18-13-17-11(19)7-21-13/h2,4-6H,1,3,7H2,(H,17,18,19)/b16-6-. The van der Waals surface area contributed by atoms with Crippen molar-refractivity contribution in [1.82, 2.24) is 5.32 Å². The van der Waals surface area contributed by atoms with Gasteiger partial charge in [-0.3, -0.25) is 4.79 Å². The molecule has 1 heterocycles. The van der Waals surface area contributed by atoms with Crippen LogP contribution in [0.3, 0.4) is 0 Å². The van der Waals surface area contributed by atoms with Crippen LogP contribution >= 0.6 is 43.6 Å². The fourth-order valence-corrected chi connectivity index (χ4v) is 3.50. The lowest BCUT2D eigenvalue weighted by Gasteiger charge is -2.09. The number of nitrogens with zero attached hydrogens (tertiary/aromatic N) is 2. The first kappa shape index (κ1) is 16.3. The minimum absolute atomic E-state index is 0.0610. The quantitative estimate of drug-likeness (QED) is 0.441. The van der Waals surface area contributed by atoms with Gasteiger partial charge in [-0.15, -0.1) is 5.10 Å². The van der Waals surface area contributed by atoms with Crippen LogP contribution in [-0.4, -0.2) is 29.6 Å². The zero-order chi connectivity index (χ0) is 15.2. The van der Waals surface area contributed by atoms with Gasteiger partial charge in [-0.05, 0) is 28.1 Å². The summed E-state index contributed by atoms with van der Waals surface area (Å²) < 4.78 is 7.30. The van der Waals surface area contributed by atoms with E-state index in [0.29, 0.717) is 23.3 Å². The summed E-state index contributed by atoms with van der Waals surface area (Å²) in [6.07, 6.45) is 3.24. The number of amides is 1. The second-order valence-electron chi connectivity index (χ2n) is 3.89. The summed E-state index contributed by atoms with van der Waals surface area (Å²) in [6, 6.07) is 3.75. The lowest BCUT2D eigenvalue weighted by atomic mass is 10.2. The van der Waals surface area contributed by atoms with E-state index in [1.165, 1.54) is 11.8 Å². The fraction of sp³-hybridized carbons (Fsp3) is 0.154. The van der Waals surface area contributed by atoms with E-state index in [1.54, 1.807) is 12.3 Å². The van der Waals surface area contributed by atoms with Crippen LogP contribution in [0.1, 0.15) is 5.56 Å². The molecular formula is C13H11Br2N3O2S. The number of hydrogen-bond acceptors (Lipinski definition) is 5. The third-order valence-corrected chi connectivity index (χ3v) is 4.22. The van der Waals surface area contributed by atoms with Gasteiger partial charge in [0.25, 0.3) is 0 Å². The van der Waals surface area contributed by atoms with Crippen molar-refractivity contribution in [1.29, 1.82) is 0 Å². The summed E-state index contributed by atoms with van der Waals surface area (Å²) in [4.78, 5) is 11.0. The van der Waals surface area contributed by atoms with Crippen molar-refractivity contribution in [2.75, 3.05) is 12.4 Å². The second-order valence-corrected chi connectivity index (χ2v) is 6.63. The maximum atomic E-state index is 11.0. The Labute approximate surface area is 143 Å². The highest BCUT2D eigenvalue weighted by atomic mass is 79.9. The highest BCUT2D eigenvalue weighted by Gasteiger charge is 2.16. The molecule has 0 atom stereocenters. The van der Waals surface area contributed by atoms with Crippen molar-refractivity contribution in [2.45, 2.75) is 0 Å². The molecule has 8 heteroatoms. The molecule has 1 aromatic rings. The average molecular weight is 433 g/mol. The van der Waals surface area contributed by atoms with Gasteiger partial charge in [0, 0.05) is 10.0 Å². The molecule has 0 aliphatic carbocycles. The molecule has 0 bridgehead atoms. The minimum Gasteiger partial charge on any atom is -0.488 e. The number of thioether (sulfide) groups is 1. The topological polar surface area (TPSA) is 63.1 Å². The van der Waals surface area contributed by atoms with Crippen LogP contribution in [0.4, 0.5) is 0 Å². The molecule has 0 radical (unpaired) electrons. The Morgan fingerprint density at radius 3 is 2.95 bits per heavy atom. The molecule has 21 heavy (non-hydrogen) atoms. The first-order valence-electron chi connectivity index (χ1n) is 5.86. The molecule has 1 fully saturated rings. The van der Waals surface area contributed by atoms with Crippen LogP contribution in [0, 0.1) is 0 Å². The van der Waals surface area contributed by atoms with Crippen LogP contribution in [0.2, 0.25) is 0 Å². The van der Waals surface area contributed by atoms with E-state index in [9.17, 15) is 4.79 Å². The third kappa shape index (κ3) is 4.69. The Kier molecular flexibility index (Phi) is 6.01. The molecule has 5 nitrogen and oxygen atoms in total. The normalized spacial score (nSPS) is 16.5. The monoisotopic (exact) mass is 431 g/mol. The van der Waals surface area contributed by atoms with E-state index in [2.05, 4.69) is 54.0 Å². The van der Waals surface area contributed by atoms with Crippen LogP contribution in [0.15, 0.2) is 43.9 Å². The minimum atomic E-state index is -0.0610. The molecule has 0 spiro atoms. The summed E-state index contributed by atoms with van der Waals surface area (Å²) >= 11 is 8.19. The molecule has 1 saturated heterocycles. The second kappa shape index (κ2) is 7.77. The summed E-state index contributed by atoms with van der Waals surface area (Å²) in [6.45, 7) is 4.02. The number of benzene rings is 1. The highest BCUT2D eigenvalue weighted by molar-refractivity contribution is 9.11. The predicted octanol–water partition coefficient (Wildman–Crippen LogP) is 3.33. The average Bonchev–Trinajstić information content (AvgIpc) is 2.83. The summed E-state index contributed by atoms with van der Waals surface area (Å²) in [5.74, 6) is 0.976. The maximum Gasteiger partial charge on any atom is 0.236 e. The molecule has 2 rings (SSSR count). The van der Waals surface area contributed by atoms with E-state index in [4.69, 9.17) is 4.74 Å². The molecule has 1 N–H and O–H groups in total. The Hall–Kier alpha value is -1.12. The zero-order valence-electron chi connectivity index (χ0n) is 10.8. The van der Waals surface area contributed by atoms with Gasteiger partial charge in [0.1, 0.15) is 12.4 Å². The van der Waals surface area contributed by atoms with Crippen molar-refractivity contribution in [3.05, 3.63) is 39.3 Å². The van der Waals surface area contributed by atoms with Crippen LogP contribution < -0.4 is 10.1 Å². The van der Waals surface area contributed by atoms with Crippen molar-refractivity contribution < 1.29 is 9.53 Å². The number of hydrogen-bond donors (Lipinski definition) is 1. The van der Waals surface area contributed by atoms with E-state index >= 15 is 0 Å². The number of rotatable bonds is 5. The Morgan fingerprint density at radius 2 is 2.29 bits per heavy atom. The van der Waals surface area contributed by atoms with E-state index in [-0.39, 0.29) is 5.91 Å². The van der Waals surface area contributed by atoms with E-state index < -0.39 is 0 Å². The number of halogens is 2. The smallest absolute Gasteiger partial charge is 0.236 e. The number of amidine groups is 1. The van der Waals surface area contributed by atoms with Gasteiger partial charge >= 0.3 is 0 Å². The Balaban J connectivity index is 2.21. The van der Waals surface area contributed by atoms with Gasteiger partial charge < -0.3 is 10.1 Å². The molecule has 0 unspecified atom stereocenters. The van der Waals surface area contributed by atoms with Crippen molar-refractivity contribution in [2.24, 2.45) is 10.2 Å². The van der Waals surface area contributed by atoms with Crippen LogP contribution in [0.25, 0.3) is 0 Å². The molecule has 1 aliphatic heterocycles. The largest absolute Gasteiger partial charge is 0.488 e. The first-order chi connectivity index (χ1) is 10.1. The number of carbonyl (C=O) groups is 1. The van der Waals surface area contributed by atoms with Gasteiger partial charge in [0.15, 0.2) is 5.17 Å². The van der Waals surface area contributed by atoms with E-state index in [0.717, 1.165) is 14.5 Å². The van der Waals surface area contributed by atoms with Gasteiger partial charge in [0.2, 0.25) is 5.91 Å². The Morgan fingerprint density at radius 1 is 1.48 bits per heavy atom. The van der Waals surface area contributed by atoms with Gasteiger partial charge in [-0.2, -0.15) is 5.10 Å². The van der Waals surface area contributed by atoms with Crippen molar-refractivity contribution in [3.63, 3.8) is 0 Å². The molecule has 1 aliphatic rings. The third-order valence-electron chi connectivity index (χ3n) is 2.31. The number of nitrogens with one attached hydrogen (secondary N) is 1. The number of ether oxygens (including phenoxy) is 1. The van der Waals surface area contributed by atoms with Gasteiger partial charge in [-0.25, -0.2) is 0 Å². The maximum absolute atomic E-state index is 11.0. The summed E-state index contributed by atoms with van der Waals surface area (Å²) in [5, 5.41) is 11.1. The zero-order valence-corrected chi connectivity index (χ0v) is 14.8. The SMILES string of the molecule is C=CCOc1c(Br)cc(Br)cc1/C=N\N=C1NC(=O)CS1. The lowest BCUT2D eigenvalue weighted by Crippen LogP contribution is -2.19. The number of carbonyl (C=O) groups excluding carboxylic acids is 1. The molecule has 0 saturated carbocycles. The first-order valence-corrected chi connectivity index (χ1v) is 8.43. The van der Waals surface area contributed by atoms with Crippen molar-refractivity contribution >= 4 is 60.9 Å². The lowest BCUT2D eigenvalue weighted by molar-refractivity contribution is -0.116. The molecule has 1 aromatic carbocycles. The fourth-order valence-electron chi connectivity index (χ4n) is 1.49. The highest BCUT2D eigenvalue weighted by Crippen LogP contribution is 2.32. The van der Waals surface area contributed by atoms with E-state index in [1.807, 2.05) is 12.1 Å². The van der Waals surface area contributed by atoms with Crippen LogP contribution in [-0.2, 0) is 4.79 Å². The molecular weight excluding hydrogens is 422 g/mol. The molecule has 0 aromatic heterocycles. The molecule has 110 valence electrons. The van der Waals surface area contributed by atoms with Gasteiger partial charge in [0.05, 0.1) is 16.4 Å². The van der Waals surface area contributed by atoms with Gasteiger partial charge in [-0.1, -0.05) is 40.3 Å².